The molecule has 25 heavy (non-hydrogen) atoms. The summed E-state index contributed by atoms with van der Waals surface area (Å²) in [5.74, 6) is 0.308. The largest absolute Gasteiger partial charge is 0.493 e. The lowest BCUT2D eigenvalue weighted by Crippen LogP contribution is -2.15. The van der Waals surface area contributed by atoms with Crippen molar-refractivity contribution in [2.24, 2.45) is 0 Å². The number of nitrogens with one attached hydrogen (secondary N) is 1. The van der Waals surface area contributed by atoms with Crippen LogP contribution in [0.25, 0.3) is 10.9 Å². The zero-order valence-electron chi connectivity index (χ0n) is 13.8. The van der Waals surface area contributed by atoms with Crippen molar-refractivity contribution in [3.8, 4) is 11.5 Å². The summed E-state index contributed by atoms with van der Waals surface area (Å²) < 4.78 is 10.5. The summed E-state index contributed by atoms with van der Waals surface area (Å²) in [7, 11) is 2.93. The topological polar surface area (TPSA) is 77.5 Å². The van der Waals surface area contributed by atoms with E-state index in [-0.39, 0.29) is 11.4 Å². The molecule has 0 aliphatic carbocycles. The van der Waals surface area contributed by atoms with Gasteiger partial charge >= 0.3 is 0 Å². The molecule has 1 amide bonds. The lowest BCUT2D eigenvalue weighted by Gasteiger charge is -2.15. The van der Waals surface area contributed by atoms with Crippen LogP contribution < -0.4 is 14.8 Å². The van der Waals surface area contributed by atoms with Crippen LogP contribution in [0.3, 0.4) is 0 Å². The van der Waals surface area contributed by atoms with Gasteiger partial charge in [0.1, 0.15) is 0 Å². The number of anilines is 1. The Bertz CT molecular complexity index is 953. The average Bonchev–Trinajstić information content (AvgIpc) is 2.67. The molecule has 0 aliphatic heterocycles. The van der Waals surface area contributed by atoms with E-state index in [0.717, 1.165) is 10.9 Å². The van der Waals surface area contributed by atoms with Gasteiger partial charge in [0.15, 0.2) is 17.8 Å². The highest BCUT2D eigenvalue weighted by atomic mass is 16.5. The first kappa shape index (κ1) is 16.4. The number of para-hydroxylation sites is 1. The molecule has 0 unspecified atom stereocenters. The fourth-order valence-corrected chi connectivity index (χ4v) is 2.55. The summed E-state index contributed by atoms with van der Waals surface area (Å²) >= 11 is 0. The Morgan fingerprint density at radius 1 is 1.12 bits per heavy atom. The Balaban J connectivity index is 2.00. The third-order valence-corrected chi connectivity index (χ3v) is 3.80. The molecule has 3 rings (SSSR count). The summed E-state index contributed by atoms with van der Waals surface area (Å²) in [4.78, 5) is 28.2. The van der Waals surface area contributed by atoms with Gasteiger partial charge in [-0.2, -0.15) is 0 Å². The monoisotopic (exact) mass is 336 g/mol. The highest BCUT2D eigenvalue weighted by molar-refractivity contribution is 6.08. The fraction of sp³-hybridized carbons (Fsp3) is 0.105. The van der Waals surface area contributed by atoms with E-state index in [0.29, 0.717) is 23.2 Å². The molecule has 0 saturated carbocycles. The van der Waals surface area contributed by atoms with E-state index in [9.17, 15) is 9.59 Å². The number of hydrogen-bond acceptors (Lipinski definition) is 5. The van der Waals surface area contributed by atoms with Crippen molar-refractivity contribution in [2.45, 2.75) is 0 Å². The first-order valence-corrected chi connectivity index (χ1v) is 7.54. The predicted molar refractivity (Wildman–Crippen MR) is 94.6 cm³/mol. The van der Waals surface area contributed by atoms with E-state index in [1.807, 2.05) is 24.3 Å². The number of nitrogens with zero attached hydrogens (tertiary/aromatic N) is 1. The fourth-order valence-electron chi connectivity index (χ4n) is 2.55. The number of benzene rings is 2. The lowest BCUT2D eigenvalue weighted by molar-refractivity contribution is 0.102. The number of ether oxygens (including phenoxy) is 2. The molecule has 0 saturated heterocycles. The summed E-state index contributed by atoms with van der Waals surface area (Å²) in [6.45, 7) is 0. The Hall–Kier alpha value is -3.41. The first-order chi connectivity index (χ1) is 12.2. The van der Waals surface area contributed by atoms with Crippen LogP contribution in [-0.2, 0) is 0 Å². The van der Waals surface area contributed by atoms with Crippen molar-refractivity contribution in [3.63, 3.8) is 0 Å². The molecule has 0 fully saturated rings. The molecule has 1 heterocycles. The highest BCUT2D eigenvalue weighted by Crippen LogP contribution is 2.37. The number of pyridine rings is 1. The molecule has 6 nitrogen and oxygen atoms in total. The van der Waals surface area contributed by atoms with Crippen LogP contribution in [0.1, 0.15) is 20.7 Å². The molecular weight excluding hydrogens is 320 g/mol. The normalized spacial score (nSPS) is 10.3. The number of methoxy groups -OCH3 is 2. The Morgan fingerprint density at radius 3 is 2.64 bits per heavy atom. The molecule has 0 radical (unpaired) electrons. The van der Waals surface area contributed by atoms with Crippen LogP contribution in [0, 0.1) is 0 Å². The minimum atomic E-state index is -0.395. The second kappa shape index (κ2) is 7.00. The third kappa shape index (κ3) is 3.14. The Morgan fingerprint density at radius 2 is 1.92 bits per heavy atom. The van der Waals surface area contributed by atoms with Gasteiger partial charge in [0.05, 0.1) is 31.0 Å². The average molecular weight is 336 g/mol. The molecule has 126 valence electrons. The lowest BCUT2D eigenvalue weighted by atomic mass is 10.1. The van der Waals surface area contributed by atoms with Gasteiger partial charge in [-0.3, -0.25) is 14.6 Å². The number of carbonyl (C=O) groups is 2. The number of carbonyl (C=O) groups excluding carboxylic acids is 2. The van der Waals surface area contributed by atoms with Crippen LogP contribution in [0.4, 0.5) is 5.69 Å². The van der Waals surface area contributed by atoms with E-state index >= 15 is 0 Å². The molecule has 0 atom stereocenters. The zero-order chi connectivity index (χ0) is 17.8. The van der Waals surface area contributed by atoms with E-state index in [2.05, 4.69) is 10.3 Å². The van der Waals surface area contributed by atoms with Gasteiger partial charge in [0, 0.05) is 17.1 Å². The second-order valence-corrected chi connectivity index (χ2v) is 5.25. The van der Waals surface area contributed by atoms with Gasteiger partial charge in [0.25, 0.3) is 5.91 Å². The number of aromatic nitrogens is 1. The maximum absolute atomic E-state index is 12.6. The summed E-state index contributed by atoms with van der Waals surface area (Å²) in [5.41, 5.74) is 1.72. The van der Waals surface area contributed by atoms with Gasteiger partial charge in [-0.15, -0.1) is 0 Å². The summed E-state index contributed by atoms with van der Waals surface area (Å²) in [5, 5.41) is 3.57. The molecule has 0 bridgehead atoms. The number of amides is 1. The molecule has 1 aromatic heterocycles. The molecule has 6 heteroatoms. The van der Waals surface area contributed by atoms with Crippen LogP contribution in [0.5, 0.6) is 11.5 Å². The zero-order valence-corrected chi connectivity index (χ0v) is 13.8. The summed E-state index contributed by atoms with van der Waals surface area (Å²) in [6.07, 6.45) is 2.14. The number of hydrogen-bond donors (Lipinski definition) is 1. The minimum absolute atomic E-state index is 0.259. The third-order valence-electron chi connectivity index (χ3n) is 3.80. The highest BCUT2D eigenvalue weighted by Gasteiger charge is 2.18. The van der Waals surface area contributed by atoms with Crippen LogP contribution in [0.2, 0.25) is 0 Å². The van der Waals surface area contributed by atoms with E-state index in [4.69, 9.17) is 9.47 Å². The number of rotatable bonds is 5. The number of aldehydes is 1. The Labute approximate surface area is 144 Å². The smallest absolute Gasteiger partial charge is 0.257 e. The van der Waals surface area contributed by atoms with Crippen molar-refractivity contribution in [3.05, 3.63) is 59.8 Å². The van der Waals surface area contributed by atoms with Gasteiger partial charge in [0.2, 0.25) is 0 Å². The number of fused-ring (bicyclic) bond motifs is 1. The Kier molecular flexibility index (Phi) is 4.61. The minimum Gasteiger partial charge on any atom is -0.493 e. The molecule has 2 aromatic carbocycles. The van der Waals surface area contributed by atoms with Gasteiger partial charge in [-0.25, -0.2) is 0 Å². The maximum atomic E-state index is 12.6. The molecule has 3 aromatic rings. The van der Waals surface area contributed by atoms with Crippen LogP contribution in [0.15, 0.2) is 48.7 Å². The van der Waals surface area contributed by atoms with Crippen LogP contribution in [-0.4, -0.2) is 31.4 Å². The van der Waals surface area contributed by atoms with Crippen molar-refractivity contribution < 1.29 is 19.1 Å². The molecule has 0 spiro atoms. The quantitative estimate of drug-likeness (QED) is 0.723. The van der Waals surface area contributed by atoms with E-state index < -0.39 is 5.91 Å². The van der Waals surface area contributed by atoms with Crippen molar-refractivity contribution in [1.82, 2.24) is 4.98 Å². The van der Waals surface area contributed by atoms with Crippen molar-refractivity contribution >= 4 is 28.8 Å². The first-order valence-electron chi connectivity index (χ1n) is 7.54. The SMILES string of the molecule is COc1ccc(C=O)c(NC(=O)c2cnc3ccccc3c2)c1OC. The van der Waals surface area contributed by atoms with E-state index in [1.54, 1.807) is 18.2 Å². The van der Waals surface area contributed by atoms with Gasteiger partial charge in [-0.1, -0.05) is 18.2 Å². The molecule has 0 aliphatic rings. The molecular formula is C19H16N2O4. The molecule has 1 N–H and O–H groups in total. The van der Waals surface area contributed by atoms with Crippen molar-refractivity contribution in [2.75, 3.05) is 19.5 Å². The van der Waals surface area contributed by atoms with Gasteiger partial charge in [-0.05, 0) is 24.3 Å². The maximum Gasteiger partial charge on any atom is 0.257 e. The summed E-state index contributed by atoms with van der Waals surface area (Å²) in [6, 6.07) is 12.4. The standard InChI is InChI=1S/C19H16N2O4/c1-24-16-8-7-13(11-22)17(18(16)25-2)21-19(23)14-9-12-5-3-4-6-15(12)20-10-14/h3-11H,1-2H3,(H,21,23). The van der Waals surface area contributed by atoms with E-state index in [1.165, 1.54) is 20.4 Å². The second-order valence-electron chi connectivity index (χ2n) is 5.25. The predicted octanol–water partition coefficient (Wildman–Crippen LogP) is 3.32. The van der Waals surface area contributed by atoms with Crippen LogP contribution >= 0.6 is 0 Å². The van der Waals surface area contributed by atoms with Crippen molar-refractivity contribution in [1.29, 1.82) is 0 Å². The van der Waals surface area contributed by atoms with Gasteiger partial charge < -0.3 is 14.8 Å².